The van der Waals surface area contributed by atoms with Gasteiger partial charge in [-0.3, -0.25) is 4.79 Å². The summed E-state index contributed by atoms with van der Waals surface area (Å²) in [5.41, 5.74) is 0.428. The van der Waals surface area contributed by atoms with Crippen molar-refractivity contribution in [2.45, 2.75) is 6.92 Å². The van der Waals surface area contributed by atoms with E-state index in [-0.39, 0.29) is 18.2 Å². The van der Waals surface area contributed by atoms with Crippen molar-refractivity contribution in [1.29, 1.82) is 0 Å². The van der Waals surface area contributed by atoms with Gasteiger partial charge in [0.05, 0.1) is 6.61 Å². The largest absolute Gasteiger partial charge is 0.494 e. The Morgan fingerprint density at radius 3 is 2.05 bits per heavy atom. The number of hydrogen-bond acceptors (Lipinski definition) is 3. The molecule has 2 rings (SSSR count). The standard InChI is InChI=1S/C16H15FO3/c1-2-19-14-7-9-15(10-8-14)20-11-16(18)12-3-5-13(17)6-4-12/h3-10H,2,11H2,1H3. The summed E-state index contributed by atoms with van der Waals surface area (Å²) in [5.74, 6) is 0.779. The van der Waals surface area contributed by atoms with Gasteiger partial charge in [-0.25, -0.2) is 4.39 Å². The van der Waals surface area contributed by atoms with Crippen LogP contribution in [0.4, 0.5) is 4.39 Å². The van der Waals surface area contributed by atoms with Crippen molar-refractivity contribution in [3.63, 3.8) is 0 Å². The normalized spacial score (nSPS) is 10.1. The number of Topliss-reactive ketones (excluding diaryl/α,β-unsaturated/α-hetero) is 1. The zero-order valence-corrected chi connectivity index (χ0v) is 11.1. The van der Waals surface area contributed by atoms with Gasteiger partial charge in [0.25, 0.3) is 0 Å². The Morgan fingerprint density at radius 1 is 0.950 bits per heavy atom. The van der Waals surface area contributed by atoms with Gasteiger partial charge < -0.3 is 9.47 Å². The van der Waals surface area contributed by atoms with Gasteiger partial charge in [-0.2, -0.15) is 0 Å². The highest BCUT2D eigenvalue weighted by Crippen LogP contribution is 2.17. The zero-order valence-electron chi connectivity index (χ0n) is 11.1. The first-order valence-electron chi connectivity index (χ1n) is 6.33. The number of ketones is 1. The van der Waals surface area contributed by atoms with E-state index in [2.05, 4.69) is 0 Å². The van der Waals surface area contributed by atoms with Crippen molar-refractivity contribution in [2.75, 3.05) is 13.2 Å². The molecule has 0 aliphatic rings. The fourth-order valence-corrected chi connectivity index (χ4v) is 1.67. The van der Waals surface area contributed by atoms with Crippen LogP contribution in [0.25, 0.3) is 0 Å². The lowest BCUT2D eigenvalue weighted by Crippen LogP contribution is -2.11. The van der Waals surface area contributed by atoms with Gasteiger partial charge in [0.2, 0.25) is 0 Å². The van der Waals surface area contributed by atoms with Gasteiger partial charge in [-0.05, 0) is 55.5 Å². The molecule has 0 atom stereocenters. The maximum Gasteiger partial charge on any atom is 0.200 e. The van der Waals surface area contributed by atoms with Crippen LogP contribution in [0.15, 0.2) is 48.5 Å². The molecule has 0 unspecified atom stereocenters. The second-order valence-electron chi connectivity index (χ2n) is 4.12. The van der Waals surface area contributed by atoms with E-state index in [4.69, 9.17) is 9.47 Å². The van der Waals surface area contributed by atoms with Crippen LogP contribution in [0.5, 0.6) is 11.5 Å². The predicted molar refractivity (Wildman–Crippen MR) is 73.8 cm³/mol. The third-order valence-corrected chi connectivity index (χ3v) is 2.67. The first-order valence-corrected chi connectivity index (χ1v) is 6.33. The molecule has 0 radical (unpaired) electrons. The topological polar surface area (TPSA) is 35.5 Å². The van der Waals surface area contributed by atoms with E-state index in [0.717, 1.165) is 5.75 Å². The van der Waals surface area contributed by atoms with Crippen molar-refractivity contribution < 1.29 is 18.7 Å². The van der Waals surface area contributed by atoms with E-state index in [9.17, 15) is 9.18 Å². The Morgan fingerprint density at radius 2 is 1.50 bits per heavy atom. The van der Waals surface area contributed by atoms with E-state index in [1.54, 1.807) is 24.3 Å². The lowest BCUT2D eigenvalue weighted by atomic mass is 10.1. The summed E-state index contributed by atoms with van der Waals surface area (Å²) in [7, 11) is 0. The smallest absolute Gasteiger partial charge is 0.200 e. The Balaban J connectivity index is 1.91. The van der Waals surface area contributed by atoms with Crippen LogP contribution in [0.3, 0.4) is 0 Å². The molecule has 0 saturated heterocycles. The van der Waals surface area contributed by atoms with Crippen LogP contribution in [0.2, 0.25) is 0 Å². The maximum absolute atomic E-state index is 12.7. The van der Waals surface area contributed by atoms with Gasteiger partial charge >= 0.3 is 0 Å². The fourth-order valence-electron chi connectivity index (χ4n) is 1.67. The molecule has 3 nitrogen and oxygen atoms in total. The molecule has 0 bridgehead atoms. The molecule has 0 saturated carbocycles. The third kappa shape index (κ3) is 3.82. The minimum atomic E-state index is -0.367. The molecule has 0 aliphatic carbocycles. The lowest BCUT2D eigenvalue weighted by Gasteiger charge is -2.07. The van der Waals surface area contributed by atoms with E-state index < -0.39 is 0 Å². The maximum atomic E-state index is 12.7. The van der Waals surface area contributed by atoms with Gasteiger partial charge in [0, 0.05) is 5.56 Å². The first kappa shape index (κ1) is 14.1. The van der Waals surface area contributed by atoms with Gasteiger partial charge in [-0.1, -0.05) is 0 Å². The molecular formula is C16H15FO3. The van der Waals surface area contributed by atoms with Crippen molar-refractivity contribution in [1.82, 2.24) is 0 Å². The first-order chi connectivity index (χ1) is 9.69. The summed E-state index contributed by atoms with van der Waals surface area (Å²) in [5, 5.41) is 0. The zero-order chi connectivity index (χ0) is 14.4. The monoisotopic (exact) mass is 274 g/mol. The Hall–Kier alpha value is -2.36. The van der Waals surface area contributed by atoms with Gasteiger partial charge in [0.1, 0.15) is 17.3 Å². The number of hydrogen-bond donors (Lipinski definition) is 0. The minimum Gasteiger partial charge on any atom is -0.494 e. The number of benzene rings is 2. The summed E-state index contributed by atoms with van der Waals surface area (Å²) < 4.78 is 23.4. The Bertz CT molecular complexity index is 561. The molecular weight excluding hydrogens is 259 g/mol. The van der Waals surface area contributed by atoms with E-state index in [1.165, 1.54) is 24.3 Å². The molecule has 0 heterocycles. The van der Waals surface area contributed by atoms with Crippen molar-refractivity contribution >= 4 is 5.78 Å². The summed E-state index contributed by atoms with van der Waals surface area (Å²) in [6.45, 7) is 2.43. The highest BCUT2D eigenvalue weighted by molar-refractivity contribution is 5.97. The average Bonchev–Trinajstić information content (AvgIpc) is 2.47. The molecule has 104 valence electrons. The van der Waals surface area contributed by atoms with Crippen LogP contribution in [-0.2, 0) is 0 Å². The highest BCUT2D eigenvalue weighted by atomic mass is 19.1. The number of rotatable bonds is 6. The Labute approximate surface area is 117 Å². The fraction of sp³-hybridized carbons (Fsp3) is 0.188. The molecule has 4 heteroatoms. The Kier molecular flexibility index (Phi) is 4.71. The number of carbonyl (C=O) groups excluding carboxylic acids is 1. The van der Waals surface area contributed by atoms with Crippen molar-refractivity contribution in [2.24, 2.45) is 0 Å². The van der Waals surface area contributed by atoms with Crippen molar-refractivity contribution in [3.05, 3.63) is 59.9 Å². The quantitative estimate of drug-likeness (QED) is 0.756. The molecule has 0 spiro atoms. The highest BCUT2D eigenvalue weighted by Gasteiger charge is 2.07. The van der Waals surface area contributed by atoms with E-state index in [0.29, 0.717) is 17.9 Å². The van der Waals surface area contributed by atoms with Crippen LogP contribution >= 0.6 is 0 Å². The second-order valence-corrected chi connectivity index (χ2v) is 4.12. The average molecular weight is 274 g/mol. The van der Waals surface area contributed by atoms with Crippen LogP contribution in [0, 0.1) is 5.82 Å². The van der Waals surface area contributed by atoms with Crippen LogP contribution in [-0.4, -0.2) is 19.0 Å². The molecule has 0 N–H and O–H groups in total. The molecule has 20 heavy (non-hydrogen) atoms. The lowest BCUT2D eigenvalue weighted by molar-refractivity contribution is 0.0921. The predicted octanol–water partition coefficient (Wildman–Crippen LogP) is 3.49. The number of halogens is 1. The number of carbonyl (C=O) groups is 1. The van der Waals surface area contributed by atoms with E-state index in [1.807, 2.05) is 6.92 Å². The summed E-state index contributed by atoms with van der Waals surface area (Å²) in [6, 6.07) is 12.4. The molecule has 0 aliphatic heterocycles. The van der Waals surface area contributed by atoms with Crippen molar-refractivity contribution in [3.8, 4) is 11.5 Å². The second kappa shape index (κ2) is 6.70. The SMILES string of the molecule is CCOc1ccc(OCC(=O)c2ccc(F)cc2)cc1. The number of ether oxygens (including phenoxy) is 2. The minimum absolute atomic E-state index is 0.0837. The molecule has 0 amide bonds. The van der Waals surface area contributed by atoms with Gasteiger partial charge in [0.15, 0.2) is 12.4 Å². The van der Waals surface area contributed by atoms with E-state index >= 15 is 0 Å². The summed E-state index contributed by atoms with van der Waals surface area (Å²) in [4.78, 5) is 11.8. The summed E-state index contributed by atoms with van der Waals surface area (Å²) >= 11 is 0. The molecule has 2 aromatic rings. The van der Waals surface area contributed by atoms with Crippen LogP contribution in [0.1, 0.15) is 17.3 Å². The third-order valence-electron chi connectivity index (χ3n) is 2.67. The molecule has 2 aromatic carbocycles. The summed E-state index contributed by atoms with van der Waals surface area (Å²) in [6.07, 6.45) is 0. The molecule has 0 aromatic heterocycles. The molecule has 0 fully saturated rings. The van der Waals surface area contributed by atoms with Crippen LogP contribution < -0.4 is 9.47 Å². The van der Waals surface area contributed by atoms with Gasteiger partial charge in [-0.15, -0.1) is 0 Å².